The van der Waals surface area contributed by atoms with Crippen LogP contribution in [0.2, 0.25) is 0 Å². The second-order valence-corrected chi connectivity index (χ2v) is 5.52. The molecule has 4 aromatic rings. The minimum absolute atomic E-state index is 0.464. The lowest BCUT2D eigenvalue weighted by Gasteiger charge is -2.08. The number of nitrogens with zero attached hydrogens (tertiary/aromatic N) is 2. The molecule has 2 aromatic carbocycles. The first kappa shape index (κ1) is 15.0. The molecule has 124 valence electrons. The maximum absolute atomic E-state index is 5.97. The lowest BCUT2D eigenvalue weighted by atomic mass is 10.0. The Morgan fingerprint density at radius 2 is 1.52 bits per heavy atom. The number of methoxy groups -OCH3 is 1. The predicted octanol–water partition coefficient (Wildman–Crippen LogP) is 4.01. The quantitative estimate of drug-likeness (QED) is 0.590. The van der Waals surface area contributed by atoms with Crippen LogP contribution in [0.3, 0.4) is 0 Å². The average molecular weight is 332 g/mol. The Morgan fingerprint density at radius 3 is 2.20 bits per heavy atom. The number of aromatic nitrogens is 3. The summed E-state index contributed by atoms with van der Waals surface area (Å²) >= 11 is 0. The molecule has 6 heteroatoms. The fourth-order valence-electron chi connectivity index (χ4n) is 2.70. The van der Waals surface area contributed by atoms with Gasteiger partial charge in [0, 0.05) is 11.8 Å². The van der Waals surface area contributed by atoms with E-state index in [1.807, 2.05) is 48.5 Å². The summed E-state index contributed by atoms with van der Waals surface area (Å²) in [5, 5.41) is 7.80. The third-order valence-electron chi connectivity index (χ3n) is 3.96. The van der Waals surface area contributed by atoms with E-state index in [-0.39, 0.29) is 0 Å². The molecule has 0 atom stereocenters. The number of H-pyrrole nitrogens is 1. The maximum Gasteiger partial charge on any atom is 0.153 e. The molecule has 4 rings (SSSR count). The number of nitrogen functional groups attached to an aromatic ring is 1. The molecule has 0 radical (unpaired) electrons. The number of rotatable bonds is 4. The monoisotopic (exact) mass is 332 g/mol. The highest BCUT2D eigenvalue weighted by molar-refractivity contribution is 6.00. The van der Waals surface area contributed by atoms with Crippen molar-refractivity contribution in [2.45, 2.75) is 0 Å². The summed E-state index contributed by atoms with van der Waals surface area (Å²) in [7, 11) is 1.64. The molecule has 0 aliphatic carbocycles. The topological polar surface area (TPSA) is 86.0 Å². The number of hydrogen-bond donors (Lipinski definition) is 2. The molecule has 6 nitrogen and oxygen atoms in total. The van der Waals surface area contributed by atoms with E-state index in [4.69, 9.17) is 15.2 Å². The first-order valence-electron chi connectivity index (χ1n) is 7.74. The Kier molecular flexibility index (Phi) is 3.70. The molecule has 0 unspecified atom stereocenters. The van der Waals surface area contributed by atoms with Crippen LogP contribution in [0.4, 0.5) is 5.82 Å². The van der Waals surface area contributed by atoms with E-state index in [1.54, 1.807) is 19.5 Å². The zero-order valence-corrected chi connectivity index (χ0v) is 13.6. The molecule has 0 saturated carbocycles. The largest absolute Gasteiger partial charge is 0.497 e. The number of fused-ring (bicyclic) bond motifs is 1. The van der Waals surface area contributed by atoms with Crippen LogP contribution in [-0.4, -0.2) is 22.3 Å². The van der Waals surface area contributed by atoms with Gasteiger partial charge >= 0.3 is 0 Å². The van der Waals surface area contributed by atoms with E-state index in [1.165, 1.54) is 0 Å². The lowest BCUT2D eigenvalue weighted by molar-refractivity contribution is 0.413. The van der Waals surface area contributed by atoms with Gasteiger partial charge in [0.25, 0.3) is 0 Å². The highest BCUT2D eigenvalue weighted by Gasteiger charge is 2.10. The number of hydrogen-bond acceptors (Lipinski definition) is 5. The highest BCUT2D eigenvalue weighted by Crippen LogP contribution is 2.32. The van der Waals surface area contributed by atoms with Gasteiger partial charge in [-0.05, 0) is 42.0 Å². The van der Waals surface area contributed by atoms with Gasteiger partial charge in [-0.2, -0.15) is 5.10 Å². The number of pyridine rings is 1. The number of aromatic amines is 1. The Bertz CT molecular complexity index is 1010. The second-order valence-electron chi connectivity index (χ2n) is 5.52. The summed E-state index contributed by atoms with van der Waals surface area (Å²) in [6, 6.07) is 15.2. The fourth-order valence-corrected chi connectivity index (χ4v) is 2.70. The smallest absolute Gasteiger partial charge is 0.153 e. The van der Waals surface area contributed by atoms with Crippen LogP contribution in [0.5, 0.6) is 17.2 Å². The molecule has 0 spiro atoms. The van der Waals surface area contributed by atoms with Crippen molar-refractivity contribution in [1.29, 1.82) is 0 Å². The van der Waals surface area contributed by atoms with Crippen LogP contribution < -0.4 is 15.2 Å². The van der Waals surface area contributed by atoms with E-state index in [0.717, 1.165) is 39.3 Å². The third-order valence-corrected chi connectivity index (χ3v) is 3.96. The third kappa shape index (κ3) is 2.85. The van der Waals surface area contributed by atoms with Crippen molar-refractivity contribution in [3.05, 3.63) is 60.9 Å². The highest BCUT2D eigenvalue weighted by atomic mass is 16.5. The van der Waals surface area contributed by atoms with E-state index in [9.17, 15) is 0 Å². The van der Waals surface area contributed by atoms with Crippen LogP contribution in [0.15, 0.2) is 60.9 Å². The molecular weight excluding hydrogens is 316 g/mol. The summed E-state index contributed by atoms with van der Waals surface area (Å²) in [5.41, 5.74) is 8.70. The van der Waals surface area contributed by atoms with Crippen molar-refractivity contribution < 1.29 is 9.47 Å². The average Bonchev–Trinajstić information content (AvgIpc) is 3.04. The first-order valence-corrected chi connectivity index (χ1v) is 7.74. The molecule has 2 heterocycles. The number of nitrogens with one attached hydrogen (secondary N) is 1. The summed E-state index contributed by atoms with van der Waals surface area (Å²) in [4.78, 5) is 4.24. The van der Waals surface area contributed by atoms with Crippen LogP contribution in [0, 0.1) is 0 Å². The minimum atomic E-state index is 0.464. The minimum Gasteiger partial charge on any atom is -0.497 e. The second kappa shape index (κ2) is 6.16. The van der Waals surface area contributed by atoms with Crippen molar-refractivity contribution in [2.24, 2.45) is 0 Å². The molecule has 0 bridgehead atoms. The Labute approximate surface area is 144 Å². The summed E-state index contributed by atoms with van der Waals surface area (Å²) in [6.07, 6.45) is 3.50. The molecule has 0 saturated heterocycles. The first-order chi connectivity index (χ1) is 12.2. The van der Waals surface area contributed by atoms with Crippen LogP contribution in [0.25, 0.3) is 22.0 Å². The Balaban J connectivity index is 1.62. The fraction of sp³-hybridized carbons (Fsp3) is 0.0526. The van der Waals surface area contributed by atoms with Crippen molar-refractivity contribution >= 4 is 16.7 Å². The van der Waals surface area contributed by atoms with Crippen LogP contribution in [0.1, 0.15) is 0 Å². The zero-order valence-electron chi connectivity index (χ0n) is 13.6. The molecule has 2 aromatic heterocycles. The maximum atomic E-state index is 5.97. The number of anilines is 1. The van der Waals surface area contributed by atoms with Gasteiger partial charge in [-0.15, -0.1) is 0 Å². The van der Waals surface area contributed by atoms with E-state index in [0.29, 0.717) is 5.82 Å². The number of ether oxygens (including phenoxy) is 2. The number of nitrogens with two attached hydrogens (primary N) is 1. The Morgan fingerprint density at radius 1 is 0.880 bits per heavy atom. The normalized spacial score (nSPS) is 10.8. The molecule has 0 aliphatic heterocycles. The van der Waals surface area contributed by atoms with Gasteiger partial charge in [0.2, 0.25) is 0 Å². The van der Waals surface area contributed by atoms with Gasteiger partial charge in [-0.3, -0.25) is 10.1 Å². The Hall–Kier alpha value is -3.54. The van der Waals surface area contributed by atoms with E-state index in [2.05, 4.69) is 15.2 Å². The van der Waals surface area contributed by atoms with Crippen molar-refractivity contribution in [3.63, 3.8) is 0 Å². The van der Waals surface area contributed by atoms with Gasteiger partial charge in [0.15, 0.2) is 5.82 Å². The summed E-state index contributed by atoms with van der Waals surface area (Å²) in [5.74, 6) is 2.75. The standard InChI is InChI=1S/C19H16N4O2/c1-24-13-6-8-15(9-7-13)25-14-4-2-12(3-5-14)16-10-21-11-17-18(16)19(20)23-22-17/h2-11H,1H3,(H3,20,22,23). The molecule has 0 aliphatic rings. The van der Waals surface area contributed by atoms with Crippen LogP contribution in [-0.2, 0) is 0 Å². The van der Waals surface area contributed by atoms with Crippen molar-refractivity contribution in [1.82, 2.24) is 15.2 Å². The van der Waals surface area contributed by atoms with Gasteiger partial charge in [-0.1, -0.05) is 12.1 Å². The predicted molar refractivity (Wildman–Crippen MR) is 96.8 cm³/mol. The van der Waals surface area contributed by atoms with Gasteiger partial charge in [0.05, 0.1) is 24.2 Å². The van der Waals surface area contributed by atoms with Crippen molar-refractivity contribution in [2.75, 3.05) is 12.8 Å². The molecule has 25 heavy (non-hydrogen) atoms. The molecule has 0 fully saturated rings. The summed E-state index contributed by atoms with van der Waals surface area (Å²) < 4.78 is 11.0. The van der Waals surface area contributed by atoms with Gasteiger partial charge in [0.1, 0.15) is 17.2 Å². The van der Waals surface area contributed by atoms with Gasteiger partial charge < -0.3 is 15.2 Å². The number of benzene rings is 2. The molecular formula is C19H16N4O2. The summed E-state index contributed by atoms with van der Waals surface area (Å²) in [6.45, 7) is 0. The van der Waals surface area contributed by atoms with E-state index < -0.39 is 0 Å². The van der Waals surface area contributed by atoms with Crippen molar-refractivity contribution in [3.8, 4) is 28.4 Å². The van der Waals surface area contributed by atoms with Crippen LogP contribution >= 0.6 is 0 Å². The lowest BCUT2D eigenvalue weighted by Crippen LogP contribution is -1.89. The molecule has 3 N–H and O–H groups in total. The molecule has 0 amide bonds. The zero-order chi connectivity index (χ0) is 17.2. The van der Waals surface area contributed by atoms with Gasteiger partial charge in [-0.25, -0.2) is 0 Å². The SMILES string of the molecule is COc1ccc(Oc2ccc(-c3cncc4[nH]nc(N)c34)cc2)cc1. The van der Waals surface area contributed by atoms with E-state index >= 15 is 0 Å².